The van der Waals surface area contributed by atoms with Crippen LogP contribution in [0.1, 0.15) is 18.7 Å². The van der Waals surface area contributed by atoms with Crippen LogP contribution in [0.25, 0.3) is 10.4 Å². The van der Waals surface area contributed by atoms with Crippen molar-refractivity contribution < 1.29 is 9.47 Å². The molecule has 110 valence electrons. The maximum absolute atomic E-state index is 5.50. The van der Waals surface area contributed by atoms with Crippen molar-refractivity contribution in [2.24, 2.45) is 0 Å². The fraction of sp³-hybridized carbons (Fsp3) is 0.467. The molecule has 0 fully saturated rings. The minimum absolute atomic E-state index is 0.151. The summed E-state index contributed by atoms with van der Waals surface area (Å²) in [6.07, 6.45) is -0.151. The quantitative estimate of drug-likeness (QED) is 0.711. The van der Waals surface area contributed by atoms with Crippen LogP contribution < -0.4 is 5.32 Å². The van der Waals surface area contributed by atoms with Crippen molar-refractivity contribution in [3.63, 3.8) is 0 Å². The number of thiophene rings is 2. The SMILES string of the molecule is CCOC(CNCc1cc(-c2cccs2)cs1)OCC. The molecule has 0 saturated carbocycles. The maximum Gasteiger partial charge on any atom is 0.169 e. The van der Waals surface area contributed by atoms with Crippen LogP contribution in [0.15, 0.2) is 29.0 Å². The molecule has 2 aromatic rings. The summed E-state index contributed by atoms with van der Waals surface area (Å²) in [7, 11) is 0. The second-order valence-corrected chi connectivity index (χ2v) is 6.19. The van der Waals surface area contributed by atoms with Crippen molar-refractivity contribution in [2.75, 3.05) is 19.8 Å². The van der Waals surface area contributed by atoms with Gasteiger partial charge in [0.15, 0.2) is 6.29 Å². The average Bonchev–Trinajstić information content (AvgIpc) is 3.10. The molecule has 1 N–H and O–H groups in total. The van der Waals surface area contributed by atoms with E-state index in [1.54, 1.807) is 22.7 Å². The lowest BCUT2D eigenvalue weighted by atomic mass is 10.2. The number of nitrogens with one attached hydrogen (secondary N) is 1. The Morgan fingerprint density at radius 3 is 2.65 bits per heavy atom. The first-order valence-electron chi connectivity index (χ1n) is 6.88. The molecule has 0 amide bonds. The van der Waals surface area contributed by atoms with Crippen LogP contribution in [0.4, 0.5) is 0 Å². The molecule has 0 bridgehead atoms. The maximum atomic E-state index is 5.50. The van der Waals surface area contributed by atoms with Crippen molar-refractivity contribution in [1.29, 1.82) is 0 Å². The number of hydrogen-bond donors (Lipinski definition) is 1. The molecular weight excluding hydrogens is 290 g/mol. The zero-order chi connectivity index (χ0) is 14.2. The molecule has 20 heavy (non-hydrogen) atoms. The first-order chi connectivity index (χ1) is 9.83. The van der Waals surface area contributed by atoms with Gasteiger partial charge >= 0.3 is 0 Å². The van der Waals surface area contributed by atoms with E-state index in [0.29, 0.717) is 19.8 Å². The van der Waals surface area contributed by atoms with Crippen molar-refractivity contribution >= 4 is 22.7 Å². The monoisotopic (exact) mass is 311 g/mol. The van der Waals surface area contributed by atoms with E-state index in [1.807, 2.05) is 13.8 Å². The smallest absolute Gasteiger partial charge is 0.169 e. The van der Waals surface area contributed by atoms with E-state index in [0.717, 1.165) is 6.54 Å². The van der Waals surface area contributed by atoms with E-state index < -0.39 is 0 Å². The third-order valence-corrected chi connectivity index (χ3v) is 4.63. The summed E-state index contributed by atoms with van der Waals surface area (Å²) in [4.78, 5) is 2.66. The Bertz CT molecular complexity index is 476. The Labute approximate surface area is 128 Å². The molecule has 2 aromatic heterocycles. The molecule has 2 heterocycles. The fourth-order valence-electron chi connectivity index (χ4n) is 1.90. The molecule has 0 spiro atoms. The summed E-state index contributed by atoms with van der Waals surface area (Å²) in [6, 6.07) is 6.49. The van der Waals surface area contributed by atoms with Gasteiger partial charge in [0, 0.05) is 41.6 Å². The summed E-state index contributed by atoms with van der Waals surface area (Å²) in [5, 5.41) is 7.72. The van der Waals surface area contributed by atoms with Crippen LogP contribution >= 0.6 is 22.7 Å². The molecule has 0 unspecified atom stereocenters. The van der Waals surface area contributed by atoms with Crippen molar-refractivity contribution in [3.8, 4) is 10.4 Å². The molecule has 0 radical (unpaired) electrons. The molecule has 5 heteroatoms. The highest BCUT2D eigenvalue weighted by Crippen LogP contribution is 2.29. The highest BCUT2D eigenvalue weighted by Gasteiger charge is 2.08. The van der Waals surface area contributed by atoms with Gasteiger partial charge in [0.05, 0.1) is 0 Å². The Hall–Kier alpha value is -0.720. The standard InChI is InChI=1S/C15H21NO2S2/c1-3-17-15(18-4-2)10-16-9-13-8-12(11-20-13)14-6-5-7-19-14/h5-8,11,15-16H,3-4,9-10H2,1-2H3. The van der Waals surface area contributed by atoms with E-state index in [1.165, 1.54) is 15.3 Å². The number of rotatable bonds is 9. The third kappa shape index (κ3) is 4.68. The minimum Gasteiger partial charge on any atom is -0.352 e. The molecule has 0 aromatic carbocycles. The number of hydrogen-bond acceptors (Lipinski definition) is 5. The van der Waals surface area contributed by atoms with Gasteiger partial charge in [-0.05, 0) is 36.7 Å². The lowest BCUT2D eigenvalue weighted by Crippen LogP contribution is -2.31. The van der Waals surface area contributed by atoms with Gasteiger partial charge in [0.25, 0.3) is 0 Å². The Morgan fingerprint density at radius 1 is 1.20 bits per heavy atom. The van der Waals surface area contributed by atoms with Gasteiger partial charge < -0.3 is 14.8 Å². The van der Waals surface area contributed by atoms with Crippen LogP contribution in [-0.2, 0) is 16.0 Å². The predicted octanol–water partition coefficient (Wildman–Crippen LogP) is 3.97. The van der Waals surface area contributed by atoms with E-state index in [2.05, 4.69) is 34.3 Å². The summed E-state index contributed by atoms with van der Waals surface area (Å²) in [6.45, 7) is 6.89. The first kappa shape index (κ1) is 15.7. The summed E-state index contributed by atoms with van der Waals surface area (Å²) in [5.41, 5.74) is 1.31. The second kappa shape index (κ2) is 8.54. The Morgan fingerprint density at radius 2 is 2.00 bits per heavy atom. The molecule has 2 rings (SSSR count). The molecule has 0 aliphatic rings. The second-order valence-electron chi connectivity index (χ2n) is 4.25. The highest BCUT2D eigenvalue weighted by molar-refractivity contribution is 7.14. The van der Waals surface area contributed by atoms with Crippen LogP contribution in [0, 0.1) is 0 Å². The van der Waals surface area contributed by atoms with E-state index in [9.17, 15) is 0 Å². The summed E-state index contributed by atoms with van der Waals surface area (Å²) >= 11 is 3.57. The van der Waals surface area contributed by atoms with Gasteiger partial charge in [-0.2, -0.15) is 0 Å². The average molecular weight is 311 g/mol. The highest BCUT2D eigenvalue weighted by atomic mass is 32.1. The van der Waals surface area contributed by atoms with Crippen LogP contribution in [0.2, 0.25) is 0 Å². The van der Waals surface area contributed by atoms with E-state index in [-0.39, 0.29) is 6.29 Å². The van der Waals surface area contributed by atoms with Crippen LogP contribution in [0.3, 0.4) is 0 Å². The zero-order valence-corrected chi connectivity index (χ0v) is 13.6. The summed E-state index contributed by atoms with van der Waals surface area (Å²) < 4.78 is 11.0. The lowest BCUT2D eigenvalue weighted by molar-refractivity contribution is -0.133. The molecular formula is C15H21NO2S2. The molecule has 0 aliphatic carbocycles. The zero-order valence-electron chi connectivity index (χ0n) is 11.9. The molecule has 0 aliphatic heterocycles. The van der Waals surface area contributed by atoms with Gasteiger partial charge in [0.1, 0.15) is 0 Å². The minimum atomic E-state index is -0.151. The lowest BCUT2D eigenvalue weighted by Gasteiger charge is -2.17. The van der Waals surface area contributed by atoms with Gasteiger partial charge in [-0.3, -0.25) is 0 Å². The van der Waals surface area contributed by atoms with Crippen LogP contribution in [-0.4, -0.2) is 26.0 Å². The fourth-order valence-corrected chi connectivity index (χ4v) is 3.54. The molecule has 3 nitrogen and oxygen atoms in total. The van der Waals surface area contributed by atoms with Gasteiger partial charge in [-0.25, -0.2) is 0 Å². The third-order valence-electron chi connectivity index (χ3n) is 2.77. The van der Waals surface area contributed by atoms with Gasteiger partial charge in [-0.15, -0.1) is 22.7 Å². The topological polar surface area (TPSA) is 30.5 Å². The summed E-state index contributed by atoms with van der Waals surface area (Å²) in [5.74, 6) is 0. The van der Waals surface area contributed by atoms with Gasteiger partial charge in [-0.1, -0.05) is 6.07 Å². The van der Waals surface area contributed by atoms with Crippen molar-refractivity contribution in [1.82, 2.24) is 5.32 Å². The predicted molar refractivity (Wildman–Crippen MR) is 86.4 cm³/mol. The van der Waals surface area contributed by atoms with E-state index in [4.69, 9.17) is 9.47 Å². The van der Waals surface area contributed by atoms with Gasteiger partial charge in [0.2, 0.25) is 0 Å². The molecule has 0 saturated heterocycles. The number of ether oxygens (including phenoxy) is 2. The Kier molecular flexibility index (Phi) is 6.69. The van der Waals surface area contributed by atoms with E-state index >= 15 is 0 Å². The van der Waals surface area contributed by atoms with Crippen molar-refractivity contribution in [3.05, 3.63) is 33.8 Å². The largest absolute Gasteiger partial charge is 0.352 e. The molecule has 0 atom stereocenters. The Balaban J connectivity index is 1.79. The normalized spacial score (nSPS) is 11.3. The van der Waals surface area contributed by atoms with Crippen LogP contribution in [0.5, 0.6) is 0 Å². The first-order valence-corrected chi connectivity index (χ1v) is 8.64. The van der Waals surface area contributed by atoms with Crippen molar-refractivity contribution in [2.45, 2.75) is 26.7 Å².